The molecule has 0 heterocycles. The molecule has 16 heavy (non-hydrogen) atoms. The van der Waals surface area contributed by atoms with Crippen molar-refractivity contribution >= 4 is 17.7 Å². The van der Waals surface area contributed by atoms with Crippen molar-refractivity contribution in [2.24, 2.45) is 5.11 Å². The summed E-state index contributed by atoms with van der Waals surface area (Å²) in [7, 11) is 0. The van der Waals surface area contributed by atoms with E-state index in [0.29, 0.717) is 6.54 Å². The van der Waals surface area contributed by atoms with Crippen LogP contribution in [0, 0.1) is 0 Å². The average molecular weight is 216 g/mol. The lowest BCUT2D eigenvalue weighted by Crippen LogP contribution is -2.05. The third-order valence-electron chi connectivity index (χ3n) is 1.77. The fourth-order valence-corrected chi connectivity index (χ4v) is 1.20. The molecule has 0 bridgehead atoms. The number of rotatable bonds is 4. The summed E-state index contributed by atoms with van der Waals surface area (Å²) in [6, 6.07) is 7.40. The zero-order valence-electron chi connectivity index (χ0n) is 8.92. The second-order valence-corrected chi connectivity index (χ2v) is 3.12. The van der Waals surface area contributed by atoms with Gasteiger partial charge in [0, 0.05) is 24.1 Å². The zero-order chi connectivity index (χ0) is 11.8. The number of hydrogen-bond donors (Lipinski definition) is 1. The van der Waals surface area contributed by atoms with Gasteiger partial charge in [-0.3, -0.25) is 4.79 Å². The van der Waals surface area contributed by atoms with Crippen LogP contribution < -0.4 is 5.32 Å². The number of amides is 1. The first kappa shape index (κ1) is 11.8. The molecule has 1 amide bonds. The van der Waals surface area contributed by atoms with E-state index in [1.807, 2.05) is 30.3 Å². The molecule has 0 unspecified atom stereocenters. The summed E-state index contributed by atoms with van der Waals surface area (Å²) in [5.74, 6) is -0.102. The summed E-state index contributed by atoms with van der Waals surface area (Å²) in [5.41, 5.74) is 9.78. The molecule has 0 atom stereocenters. The van der Waals surface area contributed by atoms with Gasteiger partial charge in [0.05, 0.1) is 0 Å². The molecule has 1 aromatic carbocycles. The Kier molecular flexibility index (Phi) is 4.63. The van der Waals surface area contributed by atoms with Crippen LogP contribution in [0.2, 0.25) is 0 Å². The number of hydrogen-bond acceptors (Lipinski definition) is 2. The standard InChI is InChI=1S/C11H12N4O/c1-9(16)14-11-6-2-4-10(8-11)5-3-7-13-15-12/h2-6,8H,7H2,1H3,(H,14,16). The Morgan fingerprint density at radius 1 is 1.62 bits per heavy atom. The van der Waals surface area contributed by atoms with Crippen molar-refractivity contribution < 1.29 is 4.79 Å². The van der Waals surface area contributed by atoms with Crippen molar-refractivity contribution in [1.82, 2.24) is 0 Å². The zero-order valence-corrected chi connectivity index (χ0v) is 8.92. The van der Waals surface area contributed by atoms with E-state index in [4.69, 9.17) is 5.53 Å². The lowest BCUT2D eigenvalue weighted by atomic mass is 10.2. The van der Waals surface area contributed by atoms with Gasteiger partial charge in [0.15, 0.2) is 0 Å². The Morgan fingerprint density at radius 2 is 2.44 bits per heavy atom. The first-order chi connectivity index (χ1) is 7.72. The minimum atomic E-state index is -0.102. The third-order valence-corrected chi connectivity index (χ3v) is 1.77. The molecule has 0 aliphatic rings. The minimum Gasteiger partial charge on any atom is -0.326 e. The number of anilines is 1. The molecule has 0 aromatic heterocycles. The molecule has 5 heteroatoms. The molecule has 5 nitrogen and oxygen atoms in total. The van der Waals surface area contributed by atoms with Crippen LogP contribution in [0.5, 0.6) is 0 Å². The van der Waals surface area contributed by atoms with E-state index in [0.717, 1.165) is 11.3 Å². The fraction of sp³-hybridized carbons (Fsp3) is 0.182. The molecule has 1 aromatic rings. The van der Waals surface area contributed by atoms with Gasteiger partial charge < -0.3 is 5.32 Å². The van der Waals surface area contributed by atoms with E-state index in [2.05, 4.69) is 15.3 Å². The second-order valence-electron chi connectivity index (χ2n) is 3.12. The first-order valence-corrected chi connectivity index (χ1v) is 4.77. The van der Waals surface area contributed by atoms with Gasteiger partial charge in [0.25, 0.3) is 0 Å². The highest BCUT2D eigenvalue weighted by Gasteiger charge is 1.94. The van der Waals surface area contributed by atoms with Crippen LogP contribution in [-0.2, 0) is 4.79 Å². The van der Waals surface area contributed by atoms with E-state index in [1.165, 1.54) is 6.92 Å². The van der Waals surface area contributed by atoms with Gasteiger partial charge in [-0.1, -0.05) is 29.4 Å². The van der Waals surface area contributed by atoms with Gasteiger partial charge in [-0.2, -0.15) is 0 Å². The Balaban J connectivity index is 2.70. The monoisotopic (exact) mass is 216 g/mol. The Morgan fingerprint density at radius 3 is 3.12 bits per heavy atom. The summed E-state index contributed by atoms with van der Waals surface area (Å²) in [6.07, 6.45) is 3.59. The smallest absolute Gasteiger partial charge is 0.221 e. The maximum atomic E-state index is 10.8. The van der Waals surface area contributed by atoms with Crippen LogP contribution in [-0.4, -0.2) is 12.5 Å². The molecule has 0 radical (unpaired) electrons. The largest absolute Gasteiger partial charge is 0.326 e. The van der Waals surface area contributed by atoms with Crippen LogP contribution in [0.4, 0.5) is 5.69 Å². The predicted octanol–water partition coefficient (Wildman–Crippen LogP) is 2.97. The summed E-state index contributed by atoms with van der Waals surface area (Å²) in [6.45, 7) is 1.78. The second kappa shape index (κ2) is 6.27. The molecule has 0 saturated carbocycles. The molecular weight excluding hydrogens is 204 g/mol. The average Bonchev–Trinajstić information content (AvgIpc) is 2.24. The normalized spacial score (nSPS) is 9.81. The summed E-state index contributed by atoms with van der Waals surface area (Å²) >= 11 is 0. The quantitative estimate of drug-likeness (QED) is 0.468. The summed E-state index contributed by atoms with van der Waals surface area (Å²) < 4.78 is 0. The highest BCUT2D eigenvalue weighted by atomic mass is 16.1. The number of carbonyl (C=O) groups excluding carboxylic acids is 1. The predicted molar refractivity (Wildman–Crippen MR) is 63.8 cm³/mol. The molecule has 0 spiro atoms. The highest BCUT2D eigenvalue weighted by Crippen LogP contribution is 2.11. The Bertz CT molecular complexity index is 447. The molecule has 82 valence electrons. The van der Waals surface area contributed by atoms with E-state index in [-0.39, 0.29) is 5.91 Å². The van der Waals surface area contributed by atoms with Crippen molar-refractivity contribution in [2.75, 3.05) is 11.9 Å². The fourth-order valence-electron chi connectivity index (χ4n) is 1.20. The molecule has 0 aliphatic carbocycles. The molecule has 0 saturated heterocycles. The number of nitrogens with zero attached hydrogens (tertiary/aromatic N) is 3. The topological polar surface area (TPSA) is 77.9 Å². The molecule has 1 rings (SSSR count). The number of carbonyl (C=O) groups is 1. The number of nitrogens with one attached hydrogen (secondary N) is 1. The Hall–Kier alpha value is -2.26. The van der Waals surface area contributed by atoms with Crippen LogP contribution in [0.15, 0.2) is 35.5 Å². The molecule has 0 aliphatic heterocycles. The van der Waals surface area contributed by atoms with Crippen LogP contribution >= 0.6 is 0 Å². The van der Waals surface area contributed by atoms with Gasteiger partial charge in [-0.25, -0.2) is 0 Å². The van der Waals surface area contributed by atoms with Gasteiger partial charge in [-0.15, -0.1) is 0 Å². The molecule has 1 N–H and O–H groups in total. The van der Waals surface area contributed by atoms with Gasteiger partial charge >= 0.3 is 0 Å². The maximum Gasteiger partial charge on any atom is 0.221 e. The number of benzene rings is 1. The van der Waals surface area contributed by atoms with Crippen molar-refractivity contribution in [3.63, 3.8) is 0 Å². The van der Waals surface area contributed by atoms with Crippen molar-refractivity contribution in [3.8, 4) is 0 Å². The lowest BCUT2D eigenvalue weighted by Gasteiger charge is -2.02. The van der Waals surface area contributed by atoms with Crippen molar-refractivity contribution in [3.05, 3.63) is 46.3 Å². The van der Waals surface area contributed by atoms with Crippen LogP contribution in [0.25, 0.3) is 16.5 Å². The molecule has 0 fully saturated rings. The van der Waals surface area contributed by atoms with Crippen LogP contribution in [0.3, 0.4) is 0 Å². The summed E-state index contributed by atoms with van der Waals surface area (Å²) in [5, 5.41) is 6.07. The molecular formula is C11H12N4O. The maximum absolute atomic E-state index is 10.8. The van der Waals surface area contributed by atoms with Crippen molar-refractivity contribution in [1.29, 1.82) is 0 Å². The van der Waals surface area contributed by atoms with E-state index in [1.54, 1.807) is 6.08 Å². The van der Waals surface area contributed by atoms with E-state index in [9.17, 15) is 4.79 Å². The minimum absolute atomic E-state index is 0.102. The van der Waals surface area contributed by atoms with Crippen molar-refractivity contribution in [2.45, 2.75) is 6.92 Å². The highest BCUT2D eigenvalue weighted by molar-refractivity contribution is 5.88. The number of azide groups is 1. The van der Waals surface area contributed by atoms with Gasteiger partial charge in [-0.05, 0) is 23.2 Å². The summed E-state index contributed by atoms with van der Waals surface area (Å²) in [4.78, 5) is 13.5. The van der Waals surface area contributed by atoms with Gasteiger partial charge in [0.1, 0.15) is 0 Å². The third kappa shape index (κ3) is 4.30. The van der Waals surface area contributed by atoms with E-state index >= 15 is 0 Å². The van der Waals surface area contributed by atoms with Crippen LogP contribution in [0.1, 0.15) is 12.5 Å². The van der Waals surface area contributed by atoms with E-state index < -0.39 is 0 Å². The van der Waals surface area contributed by atoms with Gasteiger partial charge in [0.2, 0.25) is 5.91 Å². The SMILES string of the molecule is CC(=O)Nc1cccc(C=CCN=[N+]=[N-])c1. The first-order valence-electron chi connectivity index (χ1n) is 4.77. The Labute approximate surface area is 93.4 Å². The lowest BCUT2D eigenvalue weighted by molar-refractivity contribution is -0.114.